The first kappa shape index (κ1) is 14.0. The summed E-state index contributed by atoms with van der Waals surface area (Å²) >= 11 is 0. The van der Waals surface area contributed by atoms with E-state index < -0.39 is 23.8 Å². The van der Waals surface area contributed by atoms with Gasteiger partial charge < -0.3 is 15.0 Å². The van der Waals surface area contributed by atoms with Gasteiger partial charge in [0.1, 0.15) is 23.5 Å². The molecular weight excluding hydrogens is 304 g/mol. The normalized spacial score (nSPS) is 21.3. The Morgan fingerprint density at radius 1 is 1.22 bits per heavy atom. The van der Waals surface area contributed by atoms with Crippen LogP contribution in [0.1, 0.15) is 18.0 Å². The van der Waals surface area contributed by atoms with Gasteiger partial charge in [0, 0.05) is 12.1 Å². The molecule has 3 aromatic rings. The standard InChI is InChI=1S/C15H13F2N5O/c16-8-1-2-11(17)10(3-8)12-4-9(23)5-22(12)15-13-14(19-6-18-13)20-7-21-15/h1-3,6-7,9,12,23H,4-5H2,(H,18,19,20,21)/t9-,12+/m0/s1. The molecule has 8 heteroatoms. The van der Waals surface area contributed by atoms with Crippen LogP contribution in [-0.2, 0) is 0 Å². The van der Waals surface area contributed by atoms with Crippen LogP contribution >= 0.6 is 0 Å². The predicted molar refractivity (Wildman–Crippen MR) is 78.8 cm³/mol. The third-order valence-corrected chi connectivity index (χ3v) is 4.07. The van der Waals surface area contributed by atoms with Gasteiger partial charge in [0.15, 0.2) is 11.5 Å². The molecule has 0 aliphatic carbocycles. The summed E-state index contributed by atoms with van der Waals surface area (Å²) in [5.74, 6) is -0.514. The fourth-order valence-electron chi connectivity index (χ4n) is 3.08. The molecule has 2 atom stereocenters. The summed E-state index contributed by atoms with van der Waals surface area (Å²) < 4.78 is 27.7. The average molecular weight is 317 g/mol. The maximum absolute atomic E-state index is 14.2. The molecule has 1 aromatic carbocycles. The number of H-pyrrole nitrogens is 1. The minimum Gasteiger partial charge on any atom is -0.391 e. The monoisotopic (exact) mass is 317 g/mol. The highest BCUT2D eigenvalue weighted by Crippen LogP contribution is 2.38. The highest BCUT2D eigenvalue weighted by molar-refractivity contribution is 5.83. The average Bonchev–Trinajstić information content (AvgIpc) is 3.15. The molecule has 0 amide bonds. The minimum atomic E-state index is -0.657. The molecule has 23 heavy (non-hydrogen) atoms. The first-order chi connectivity index (χ1) is 11.1. The number of nitrogens with one attached hydrogen (secondary N) is 1. The molecule has 2 N–H and O–H groups in total. The molecule has 0 saturated carbocycles. The molecule has 2 aromatic heterocycles. The second kappa shape index (κ2) is 5.24. The molecular formula is C15H13F2N5O. The quantitative estimate of drug-likeness (QED) is 0.755. The number of anilines is 1. The van der Waals surface area contributed by atoms with E-state index in [-0.39, 0.29) is 12.1 Å². The zero-order valence-corrected chi connectivity index (χ0v) is 11.9. The third kappa shape index (κ3) is 2.31. The van der Waals surface area contributed by atoms with E-state index in [1.165, 1.54) is 12.7 Å². The van der Waals surface area contributed by atoms with Gasteiger partial charge in [0.25, 0.3) is 0 Å². The van der Waals surface area contributed by atoms with Crippen LogP contribution in [0.5, 0.6) is 0 Å². The van der Waals surface area contributed by atoms with Crippen molar-refractivity contribution in [3.63, 3.8) is 0 Å². The van der Waals surface area contributed by atoms with Gasteiger partial charge in [-0.25, -0.2) is 23.7 Å². The van der Waals surface area contributed by atoms with Gasteiger partial charge >= 0.3 is 0 Å². The molecule has 0 bridgehead atoms. The van der Waals surface area contributed by atoms with Crippen molar-refractivity contribution in [1.82, 2.24) is 19.9 Å². The lowest BCUT2D eigenvalue weighted by molar-refractivity contribution is 0.194. The Labute approximate surface area is 129 Å². The number of rotatable bonds is 2. The number of hydrogen-bond donors (Lipinski definition) is 2. The van der Waals surface area contributed by atoms with Gasteiger partial charge in [0.05, 0.1) is 18.5 Å². The molecule has 3 heterocycles. The number of fused-ring (bicyclic) bond motifs is 1. The van der Waals surface area contributed by atoms with Crippen LogP contribution in [0.25, 0.3) is 11.2 Å². The van der Waals surface area contributed by atoms with Crippen molar-refractivity contribution < 1.29 is 13.9 Å². The van der Waals surface area contributed by atoms with Crippen LogP contribution in [0.3, 0.4) is 0 Å². The first-order valence-corrected chi connectivity index (χ1v) is 7.17. The molecule has 0 radical (unpaired) electrons. The molecule has 1 aliphatic heterocycles. The van der Waals surface area contributed by atoms with Crippen LogP contribution in [0.15, 0.2) is 30.9 Å². The van der Waals surface area contributed by atoms with Crippen LogP contribution in [-0.4, -0.2) is 37.7 Å². The van der Waals surface area contributed by atoms with Gasteiger partial charge in [-0.3, -0.25) is 0 Å². The molecule has 0 spiro atoms. The van der Waals surface area contributed by atoms with Crippen molar-refractivity contribution >= 4 is 17.0 Å². The number of β-amino-alcohol motifs (C(OH)–C–C–N with tert-alkyl or cyclic N) is 1. The highest BCUT2D eigenvalue weighted by atomic mass is 19.1. The number of aromatic amines is 1. The number of aromatic nitrogens is 4. The summed E-state index contributed by atoms with van der Waals surface area (Å²) in [5, 5.41) is 10.0. The summed E-state index contributed by atoms with van der Waals surface area (Å²) in [6.07, 6.45) is 2.49. The van der Waals surface area contributed by atoms with Crippen LogP contribution in [0.4, 0.5) is 14.6 Å². The van der Waals surface area contributed by atoms with Gasteiger partial charge in [0.2, 0.25) is 0 Å². The van der Waals surface area contributed by atoms with Gasteiger partial charge in [-0.1, -0.05) is 0 Å². The Kier molecular flexibility index (Phi) is 3.19. The maximum Gasteiger partial charge on any atom is 0.182 e. The van der Waals surface area contributed by atoms with Crippen LogP contribution in [0, 0.1) is 11.6 Å². The van der Waals surface area contributed by atoms with E-state index in [1.54, 1.807) is 4.90 Å². The van der Waals surface area contributed by atoms with E-state index in [9.17, 15) is 13.9 Å². The minimum absolute atomic E-state index is 0.202. The highest BCUT2D eigenvalue weighted by Gasteiger charge is 2.36. The van der Waals surface area contributed by atoms with Gasteiger partial charge in [-0.05, 0) is 24.6 Å². The molecule has 0 unspecified atom stereocenters. The molecule has 1 saturated heterocycles. The summed E-state index contributed by atoms with van der Waals surface area (Å²) in [7, 11) is 0. The Bertz CT molecular complexity index is 868. The number of nitrogens with zero attached hydrogens (tertiary/aromatic N) is 4. The van der Waals surface area contributed by atoms with Gasteiger partial charge in [-0.15, -0.1) is 0 Å². The summed E-state index contributed by atoms with van der Waals surface area (Å²) in [6.45, 7) is 0.270. The first-order valence-electron chi connectivity index (χ1n) is 7.17. The summed E-state index contributed by atoms with van der Waals surface area (Å²) in [5.41, 5.74) is 1.28. The van der Waals surface area contributed by atoms with Gasteiger partial charge in [-0.2, -0.15) is 0 Å². The van der Waals surface area contributed by atoms with Crippen molar-refractivity contribution in [2.75, 3.05) is 11.4 Å². The number of hydrogen-bond acceptors (Lipinski definition) is 5. The van der Waals surface area contributed by atoms with E-state index in [1.807, 2.05) is 0 Å². The van der Waals surface area contributed by atoms with E-state index in [4.69, 9.17) is 0 Å². The fraction of sp³-hybridized carbons (Fsp3) is 0.267. The summed E-state index contributed by atoms with van der Waals surface area (Å²) in [6, 6.07) is 2.82. The van der Waals surface area contributed by atoms with E-state index in [2.05, 4.69) is 19.9 Å². The van der Waals surface area contributed by atoms with Crippen LogP contribution in [0.2, 0.25) is 0 Å². The largest absolute Gasteiger partial charge is 0.391 e. The van der Waals surface area contributed by atoms with E-state index in [0.717, 1.165) is 18.2 Å². The smallest absolute Gasteiger partial charge is 0.182 e. The molecule has 1 aliphatic rings. The number of halogens is 2. The predicted octanol–water partition coefficient (Wildman–Crippen LogP) is 1.94. The zero-order valence-electron chi connectivity index (χ0n) is 11.9. The second-order valence-electron chi connectivity index (χ2n) is 5.52. The van der Waals surface area contributed by atoms with Crippen LogP contribution < -0.4 is 4.90 Å². The van der Waals surface area contributed by atoms with Crippen molar-refractivity contribution in [2.45, 2.75) is 18.6 Å². The Balaban J connectivity index is 1.83. The Morgan fingerprint density at radius 2 is 2.09 bits per heavy atom. The summed E-state index contributed by atoms with van der Waals surface area (Å²) in [4.78, 5) is 17.1. The van der Waals surface area contributed by atoms with Crippen molar-refractivity contribution in [1.29, 1.82) is 0 Å². The van der Waals surface area contributed by atoms with Crippen molar-refractivity contribution in [3.8, 4) is 0 Å². The fourth-order valence-corrected chi connectivity index (χ4v) is 3.08. The van der Waals surface area contributed by atoms with Crippen molar-refractivity contribution in [2.24, 2.45) is 0 Å². The third-order valence-electron chi connectivity index (χ3n) is 4.07. The number of aliphatic hydroxyl groups excluding tert-OH is 1. The Hall–Kier alpha value is -2.61. The maximum atomic E-state index is 14.2. The zero-order chi connectivity index (χ0) is 16.0. The number of aliphatic hydroxyl groups is 1. The lowest BCUT2D eigenvalue weighted by atomic mass is 10.0. The molecule has 6 nitrogen and oxygen atoms in total. The number of imidazole rings is 1. The van der Waals surface area contributed by atoms with Crippen molar-refractivity contribution in [3.05, 3.63) is 48.1 Å². The van der Waals surface area contributed by atoms with E-state index in [0.29, 0.717) is 23.4 Å². The number of benzene rings is 1. The Morgan fingerprint density at radius 3 is 2.96 bits per heavy atom. The molecule has 1 fully saturated rings. The lowest BCUT2D eigenvalue weighted by Gasteiger charge is -2.26. The second-order valence-corrected chi connectivity index (χ2v) is 5.52. The molecule has 118 valence electrons. The molecule has 4 rings (SSSR count). The SMILES string of the molecule is O[C@H]1C[C@H](c2cc(F)ccc2F)N(c2ncnc3nc[nH]c23)C1. The topological polar surface area (TPSA) is 77.9 Å². The lowest BCUT2D eigenvalue weighted by Crippen LogP contribution is -2.26. The van der Waals surface area contributed by atoms with E-state index >= 15 is 0 Å².